The van der Waals surface area contributed by atoms with E-state index in [0.717, 1.165) is 0 Å². The Kier molecular flexibility index (Phi) is 4.35. The quantitative estimate of drug-likeness (QED) is 0.619. The zero-order chi connectivity index (χ0) is 11.1. The van der Waals surface area contributed by atoms with Crippen LogP contribution in [0.4, 0.5) is 0 Å². The Hall–Kier alpha value is -1.31. The average molecular weight is 223 g/mol. The van der Waals surface area contributed by atoms with E-state index in [1.807, 2.05) is 0 Å². The van der Waals surface area contributed by atoms with Crippen LogP contribution in [0.1, 0.15) is 13.3 Å². The van der Waals surface area contributed by atoms with Crippen LogP contribution in [0, 0.1) is 11.8 Å². The molecule has 1 aromatic rings. The summed E-state index contributed by atoms with van der Waals surface area (Å²) in [5.74, 6) is 5.50. The highest BCUT2D eigenvalue weighted by Crippen LogP contribution is 2.06. The fourth-order valence-corrected chi connectivity index (χ4v) is 2.11. The molecular formula is C11H13NO2S. The zero-order valence-corrected chi connectivity index (χ0v) is 9.34. The van der Waals surface area contributed by atoms with Gasteiger partial charge in [0.1, 0.15) is 0 Å². The van der Waals surface area contributed by atoms with Crippen molar-refractivity contribution in [3.63, 3.8) is 0 Å². The van der Waals surface area contributed by atoms with Crippen LogP contribution in [0.3, 0.4) is 0 Å². The van der Waals surface area contributed by atoms with Crippen LogP contribution < -0.4 is 4.72 Å². The highest BCUT2D eigenvalue weighted by atomic mass is 32.2. The lowest BCUT2D eigenvalue weighted by atomic mass is 10.4. The average Bonchev–Trinajstić information content (AvgIpc) is 2.26. The van der Waals surface area contributed by atoms with Crippen molar-refractivity contribution in [2.75, 3.05) is 6.54 Å². The summed E-state index contributed by atoms with van der Waals surface area (Å²) in [5, 5.41) is 0. The fraction of sp³-hybridized carbons (Fsp3) is 0.273. The van der Waals surface area contributed by atoms with Crippen LogP contribution in [0.25, 0.3) is 0 Å². The molecule has 1 N–H and O–H groups in total. The molecule has 15 heavy (non-hydrogen) atoms. The van der Waals surface area contributed by atoms with Crippen LogP contribution >= 0.6 is 0 Å². The van der Waals surface area contributed by atoms with Crippen LogP contribution in [0.5, 0.6) is 0 Å². The highest BCUT2D eigenvalue weighted by Gasteiger charge is 2.11. The van der Waals surface area contributed by atoms with Crippen molar-refractivity contribution in [3.8, 4) is 11.8 Å². The maximum Gasteiger partial charge on any atom is 0.240 e. The van der Waals surface area contributed by atoms with Crippen molar-refractivity contribution in [2.45, 2.75) is 18.2 Å². The maximum absolute atomic E-state index is 11.6. The molecule has 0 fully saturated rings. The Morgan fingerprint density at radius 3 is 2.53 bits per heavy atom. The van der Waals surface area contributed by atoms with Gasteiger partial charge >= 0.3 is 0 Å². The van der Waals surface area contributed by atoms with E-state index in [1.165, 1.54) is 0 Å². The molecule has 0 aliphatic heterocycles. The SMILES string of the molecule is CC#CCCNS(=O)(=O)c1ccccc1. The molecule has 0 radical (unpaired) electrons. The first-order chi connectivity index (χ1) is 7.17. The standard InChI is InChI=1S/C11H13NO2S/c1-2-3-7-10-12-15(13,14)11-8-5-4-6-9-11/h4-6,8-9,12H,7,10H2,1H3. The molecule has 0 amide bonds. The molecule has 0 saturated carbocycles. The number of sulfonamides is 1. The summed E-state index contributed by atoms with van der Waals surface area (Å²) in [6.07, 6.45) is 0.530. The van der Waals surface area contributed by atoms with Gasteiger partial charge in [-0.15, -0.1) is 11.8 Å². The Morgan fingerprint density at radius 1 is 1.27 bits per heavy atom. The predicted molar refractivity (Wildman–Crippen MR) is 59.7 cm³/mol. The summed E-state index contributed by atoms with van der Waals surface area (Å²) in [6, 6.07) is 8.30. The van der Waals surface area contributed by atoms with E-state index in [1.54, 1.807) is 37.3 Å². The Labute approximate surface area is 90.6 Å². The molecule has 3 nitrogen and oxygen atoms in total. The Balaban J connectivity index is 2.63. The van der Waals surface area contributed by atoms with E-state index in [9.17, 15) is 8.42 Å². The molecule has 0 bridgehead atoms. The molecule has 1 aromatic carbocycles. The van der Waals surface area contributed by atoms with Crippen molar-refractivity contribution in [2.24, 2.45) is 0 Å². The second-order valence-electron chi connectivity index (χ2n) is 2.89. The summed E-state index contributed by atoms with van der Waals surface area (Å²) in [4.78, 5) is 0.287. The van der Waals surface area contributed by atoms with Gasteiger partial charge in [-0.3, -0.25) is 0 Å². The predicted octanol–water partition coefficient (Wildman–Crippen LogP) is 1.38. The van der Waals surface area contributed by atoms with Gasteiger partial charge in [0.15, 0.2) is 0 Å². The Morgan fingerprint density at radius 2 is 1.93 bits per heavy atom. The van der Waals surface area contributed by atoms with Crippen LogP contribution in [-0.2, 0) is 10.0 Å². The number of hydrogen-bond donors (Lipinski definition) is 1. The van der Waals surface area contributed by atoms with E-state index in [0.29, 0.717) is 13.0 Å². The fourth-order valence-electron chi connectivity index (χ4n) is 1.06. The van der Waals surface area contributed by atoms with E-state index < -0.39 is 10.0 Å². The molecule has 0 atom stereocenters. The second kappa shape index (κ2) is 5.54. The monoisotopic (exact) mass is 223 g/mol. The maximum atomic E-state index is 11.6. The van der Waals surface area contributed by atoms with Crippen molar-refractivity contribution in [1.82, 2.24) is 4.72 Å². The van der Waals surface area contributed by atoms with Gasteiger partial charge in [-0.25, -0.2) is 13.1 Å². The Bertz CT molecular complexity index is 454. The van der Waals surface area contributed by atoms with E-state index in [-0.39, 0.29) is 4.90 Å². The van der Waals surface area contributed by atoms with Crippen LogP contribution in [0.2, 0.25) is 0 Å². The molecule has 0 aliphatic carbocycles. The minimum Gasteiger partial charge on any atom is -0.210 e. The molecule has 0 aromatic heterocycles. The number of benzene rings is 1. The molecular weight excluding hydrogens is 210 g/mol. The number of hydrogen-bond acceptors (Lipinski definition) is 2. The van der Waals surface area contributed by atoms with Crippen molar-refractivity contribution >= 4 is 10.0 Å². The minimum atomic E-state index is -3.36. The first-order valence-corrected chi connectivity index (χ1v) is 6.09. The summed E-state index contributed by atoms with van der Waals surface area (Å²) in [5.41, 5.74) is 0. The zero-order valence-electron chi connectivity index (χ0n) is 8.53. The lowest BCUT2D eigenvalue weighted by Gasteiger charge is -2.03. The number of rotatable bonds is 4. The van der Waals surface area contributed by atoms with Gasteiger partial charge in [0, 0.05) is 13.0 Å². The van der Waals surface area contributed by atoms with Gasteiger partial charge in [-0.1, -0.05) is 18.2 Å². The van der Waals surface area contributed by atoms with Crippen molar-refractivity contribution in [3.05, 3.63) is 30.3 Å². The van der Waals surface area contributed by atoms with Gasteiger partial charge in [0.2, 0.25) is 10.0 Å². The molecule has 1 rings (SSSR count). The summed E-state index contributed by atoms with van der Waals surface area (Å²) < 4.78 is 25.8. The lowest BCUT2D eigenvalue weighted by molar-refractivity contribution is 0.582. The molecule has 0 spiro atoms. The number of nitrogens with one attached hydrogen (secondary N) is 1. The van der Waals surface area contributed by atoms with Gasteiger partial charge in [-0.2, -0.15) is 0 Å². The topological polar surface area (TPSA) is 46.2 Å². The molecule has 0 aliphatic rings. The van der Waals surface area contributed by atoms with E-state index in [4.69, 9.17) is 0 Å². The lowest BCUT2D eigenvalue weighted by Crippen LogP contribution is -2.24. The minimum absolute atomic E-state index is 0.287. The van der Waals surface area contributed by atoms with Crippen LogP contribution in [0.15, 0.2) is 35.2 Å². The third-order valence-corrected chi connectivity index (χ3v) is 3.25. The second-order valence-corrected chi connectivity index (χ2v) is 4.65. The largest absolute Gasteiger partial charge is 0.240 e. The smallest absolute Gasteiger partial charge is 0.210 e. The molecule has 0 unspecified atom stereocenters. The van der Waals surface area contributed by atoms with E-state index >= 15 is 0 Å². The summed E-state index contributed by atoms with van der Waals surface area (Å²) in [7, 11) is -3.36. The first kappa shape index (κ1) is 11.8. The van der Waals surface area contributed by atoms with Gasteiger partial charge < -0.3 is 0 Å². The molecule has 0 saturated heterocycles. The van der Waals surface area contributed by atoms with Gasteiger partial charge in [0.05, 0.1) is 4.90 Å². The molecule has 80 valence electrons. The third-order valence-electron chi connectivity index (χ3n) is 1.77. The highest BCUT2D eigenvalue weighted by molar-refractivity contribution is 7.89. The van der Waals surface area contributed by atoms with E-state index in [2.05, 4.69) is 16.6 Å². The summed E-state index contributed by atoms with van der Waals surface area (Å²) >= 11 is 0. The van der Waals surface area contributed by atoms with Crippen LogP contribution in [-0.4, -0.2) is 15.0 Å². The normalized spacial score (nSPS) is 10.5. The van der Waals surface area contributed by atoms with Crippen molar-refractivity contribution < 1.29 is 8.42 Å². The first-order valence-electron chi connectivity index (χ1n) is 4.61. The van der Waals surface area contributed by atoms with Gasteiger partial charge in [-0.05, 0) is 19.1 Å². The van der Waals surface area contributed by atoms with Gasteiger partial charge in [0.25, 0.3) is 0 Å². The molecule has 4 heteroatoms. The van der Waals surface area contributed by atoms with Crippen molar-refractivity contribution in [1.29, 1.82) is 0 Å². The summed E-state index contributed by atoms with van der Waals surface area (Å²) in [6.45, 7) is 2.07. The third kappa shape index (κ3) is 3.74. The molecule has 0 heterocycles.